The first-order valence-corrected chi connectivity index (χ1v) is 3.57. The molecular weight excluding hydrogens is 116 g/mol. The predicted molar refractivity (Wildman–Crippen MR) is 33.6 cm³/mol. The summed E-state index contributed by atoms with van der Waals surface area (Å²) >= 11 is 0. The lowest BCUT2D eigenvalue weighted by Gasteiger charge is -2.23. The van der Waals surface area contributed by atoms with Gasteiger partial charge in [0.15, 0.2) is 0 Å². The number of nitrogens with one attached hydrogen (secondary N) is 2. The van der Waals surface area contributed by atoms with Crippen molar-refractivity contribution < 1.29 is 4.74 Å². The summed E-state index contributed by atoms with van der Waals surface area (Å²) in [5.41, 5.74) is 6.18. The van der Waals surface area contributed by atoms with Gasteiger partial charge in [-0.3, -0.25) is 5.43 Å². The fourth-order valence-corrected chi connectivity index (χ4v) is 1.50. The van der Waals surface area contributed by atoms with E-state index in [4.69, 9.17) is 4.74 Å². The first-order valence-electron chi connectivity index (χ1n) is 3.57. The van der Waals surface area contributed by atoms with Crippen molar-refractivity contribution in [1.29, 1.82) is 0 Å². The lowest BCUT2D eigenvalue weighted by Crippen LogP contribution is -2.36. The zero-order valence-electron chi connectivity index (χ0n) is 5.39. The first-order chi connectivity index (χ1) is 4.47. The minimum atomic E-state index is 0.304. The van der Waals surface area contributed by atoms with E-state index < -0.39 is 0 Å². The molecule has 2 heterocycles. The van der Waals surface area contributed by atoms with Crippen LogP contribution in [0.5, 0.6) is 0 Å². The second-order valence-electron chi connectivity index (χ2n) is 2.72. The van der Waals surface area contributed by atoms with Gasteiger partial charge in [-0.15, -0.1) is 0 Å². The summed E-state index contributed by atoms with van der Waals surface area (Å²) in [5.74, 6) is 0.721. The molecule has 3 nitrogen and oxygen atoms in total. The van der Waals surface area contributed by atoms with Crippen LogP contribution in [-0.4, -0.2) is 19.4 Å². The average molecular weight is 128 g/mol. The molecule has 0 radical (unpaired) electrons. The van der Waals surface area contributed by atoms with E-state index in [0.717, 1.165) is 19.1 Å². The fraction of sp³-hybridized carbons (Fsp3) is 1.00. The molecule has 0 spiro atoms. The summed E-state index contributed by atoms with van der Waals surface area (Å²) in [4.78, 5) is 0. The Kier molecular flexibility index (Phi) is 1.41. The standard InChI is InChI=1S/C6H12N2O/c1-2-5-4-7-8-6(5)9-3-1/h5-8H,1-4H2. The monoisotopic (exact) mass is 128 g/mol. The van der Waals surface area contributed by atoms with E-state index in [9.17, 15) is 0 Å². The van der Waals surface area contributed by atoms with E-state index in [2.05, 4.69) is 10.9 Å². The molecule has 0 saturated carbocycles. The molecule has 3 heteroatoms. The summed E-state index contributed by atoms with van der Waals surface area (Å²) in [6, 6.07) is 0. The number of fused-ring (bicyclic) bond motifs is 1. The van der Waals surface area contributed by atoms with Crippen molar-refractivity contribution in [3.8, 4) is 0 Å². The van der Waals surface area contributed by atoms with Crippen molar-refractivity contribution in [3.63, 3.8) is 0 Å². The maximum Gasteiger partial charge on any atom is 0.124 e. The van der Waals surface area contributed by atoms with Gasteiger partial charge in [0, 0.05) is 19.1 Å². The van der Waals surface area contributed by atoms with Gasteiger partial charge in [0.2, 0.25) is 0 Å². The van der Waals surface area contributed by atoms with E-state index in [1.165, 1.54) is 12.8 Å². The third kappa shape index (κ3) is 0.956. The van der Waals surface area contributed by atoms with Gasteiger partial charge in [-0.1, -0.05) is 0 Å². The molecule has 0 aromatic rings. The third-order valence-corrected chi connectivity index (χ3v) is 2.05. The third-order valence-electron chi connectivity index (χ3n) is 2.05. The van der Waals surface area contributed by atoms with Gasteiger partial charge >= 0.3 is 0 Å². The zero-order chi connectivity index (χ0) is 6.10. The molecule has 2 aliphatic heterocycles. The van der Waals surface area contributed by atoms with Crippen LogP contribution in [-0.2, 0) is 4.74 Å². The Morgan fingerprint density at radius 1 is 1.44 bits per heavy atom. The number of hydrogen-bond acceptors (Lipinski definition) is 3. The molecule has 2 rings (SSSR count). The second kappa shape index (κ2) is 2.25. The molecule has 2 N–H and O–H groups in total. The van der Waals surface area contributed by atoms with Crippen molar-refractivity contribution in [1.82, 2.24) is 10.9 Å². The minimum absolute atomic E-state index is 0.304. The highest BCUT2D eigenvalue weighted by Gasteiger charge is 2.29. The molecular formula is C6H12N2O. The largest absolute Gasteiger partial charge is 0.362 e. The Balaban J connectivity index is 1.97. The number of hydrazine groups is 1. The van der Waals surface area contributed by atoms with Crippen molar-refractivity contribution in [2.24, 2.45) is 5.92 Å². The maximum atomic E-state index is 5.43. The molecule has 9 heavy (non-hydrogen) atoms. The average Bonchev–Trinajstić information content (AvgIpc) is 2.33. The van der Waals surface area contributed by atoms with Gasteiger partial charge in [0.05, 0.1) is 0 Å². The van der Waals surface area contributed by atoms with E-state index >= 15 is 0 Å². The van der Waals surface area contributed by atoms with Crippen LogP contribution in [0.2, 0.25) is 0 Å². The van der Waals surface area contributed by atoms with Gasteiger partial charge < -0.3 is 4.74 Å². The van der Waals surface area contributed by atoms with E-state index in [1.54, 1.807) is 0 Å². The van der Waals surface area contributed by atoms with Gasteiger partial charge in [-0.05, 0) is 12.8 Å². The molecule has 2 saturated heterocycles. The van der Waals surface area contributed by atoms with Crippen LogP contribution in [0.1, 0.15) is 12.8 Å². The quantitative estimate of drug-likeness (QED) is 0.476. The van der Waals surface area contributed by atoms with Gasteiger partial charge in [0.1, 0.15) is 6.23 Å². The molecule has 0 bridgehead atoms. The summed E-state index contributed by atoms with van der Waals surface area (Å²) < 4.78 is 5.43. The van der Waals surface area contributed by atoms with Crippen molar-refractivity contribution in [2.75, 3.05) is 13.2 Å². The highest BCUT2D eigenvalue weighted by Crippen LogP contribution is 2.20. The molecule has 0 aliphatic carbocycles. The molecule has 0 aromatic heterocycles. The van der Waals surface area contributed by atoms with Crippen LogP contribution in [0, 0.1) is 5.92 Å². The fourth-order valence-electron chi connectivity index (χ4n) is 1.50. The smallest absolute Gasteiger partial charge is 0.124 e. The highest BCUT2D eigenvalue weighted by atomic mass is 16.5. The Hall–Kier alpha value is -0.120. The van der Waals surface area contributed by atoms with Crippen molar-refractivity contribution in [3.05, 3.63) is 0 Å². The van der Waals surface area contributed by atoms with Crippen molar-refractivity contribution >= 4 is 0 Å². The summed E-state index contributed by atoms with van der Waals surface area (Å²) in [6.07, 6.45) is 2.84. The Labute approximate surface area is 54.7 Å². The second-order valence-corrected chi connectivity index (χ2v) is 2.72. The number of hydrogen-bond donors (Lipinski definition) is 2. The van der Waals surface area contributed by atoms with E-state index in [0.29, 0.717) is 6.23 Å². The normalized spacial score (nSPS) is 42.7. The van der Waals surface area contributed by atoms with Crippen LogP contribution in [0.25, 0.3) is 0 Å². The van der Waals surface area contributed by atoms with Gasteiger partial charge in [-0.25, -0.2) is 5.43 Å². The van der Waals surface area contributed by atoms with E-state index in [-0.39, 0.29) is 0 Å². The molecule has 2 fully saturated rings. The van der Waals surface area contributed by atoms with E-state index in [1.807, 2.05) is 0 Å². The molecule has 0 amide bonds. The predicted octanol–water partition coefficient (Wildman–Crippen LogP) is -0.153. The molecule has 2 unspecified atom stereocenters. The lowest BCUT2D eigenvalue weighted by atomic mass is 10.0. The van der Waals surface area contributed by atoms with Gasteiger partial charge in [-0.2, -0.15) is 0 Å². The van der Waals surface area contributed by atoms with Crippen LogP contribution in [0.15, 0.2) is 0 Å². The molecule has 2 aliphatic rings. The first kappa shape index (κ1) is 5.65. The Morgan fingerprint density at radius 2 is 2.44 bits per heavy atom. The van der Waals surface area contributed by atoms with Crippen molar-refractivity contribution in [2.45, 2.75) is 19.1 Å². The molecule has 52 valence electrons. The Bertz CT molecular complexity index is 95.2. The molecule has 2 atom stereocenters. The Morgan fingerprint density at radius 3 is 3.33 bits per heavy atom. The van der Waals surface area contributed by atoms with Crippen LogP contribution >= 0.6 is 0 Å². The summed E-state index contributed by atoms with van der Waals surface area (Å²) in [5, 5.41) is 0. The zero-order valence-corrected chi connectivity index (χ0v) is 5.39. The van der Waals surface area contributed by atoms with Gasteiger partial charge in [0.25, 0.3) is 0 Å². The number of ether oxygens (including phenoxy) is 1. The SMILES string of the molecule is C1COC2NNCC2C1. The number of rotatable bonds is 0. The maximum absolute atomic E-state index is 5.43. The topological polar surface area (TPSA) is 33.3 Å². The summed E-state index contributed by atoms with van der Waals surface area (Å²) in [6.45, 7) is 2.00. The highest BCUT2D eigenvalue weighted by molar-refractivity contribution is 4.77. The van der Waals surface area contributed by atoms with Crippen LogP contribution in [0.4, 0.5) is 0 Å². The summed E-state index contributed by atoms with van der Waals surface area (Å²) in [7, 11) is 0. The lowest BCUT2D eigenvalue weighted by molar-refractivity contribution is -0.0217. The van der Waals surface area contributed by atoms with Crippen LogP contribution in [0.3, 0.4) is 0 Å². The molecule has 0 aromatic carbocycles. The van der Waals surface area contributed by atoms with Crippen LogP contribution < -0.4 is 10.9 Å². The minimum Gasteiger partial charge on any atom is -0.362 e.